The number of carbonyl (C=O) groups is 1. The molecule has 2 N–H and O–H groups in total. The van der Waals surface area contributed by atoms with Crippen molar-refractivity contribution < 1.29 is 18.0 Å². The Labute approximate surface area is 141 Å². The van der Waals surface area contributed by atoms with Crippen molar-refractivity contribution in [2.75, 3.05) is 18.0 Å². The van der Waals surface area contributed by atoms with E-state index < -0.39 is 22.8 Å². The molecule has 0 atom stereocenters. The molecule has 2 heterocycles. The van der Waals surface area contributed by atoms with Gasteiger partial charge >= 0.3 is 6.18 Å². The molecule has 0 aromatic heterocycles. The molecule has 0 unspecified atom stereocenters. The summed E-state index contributed by atoms with van der Waals surface area (Å²) in [6, 6.07) is 4.68. The second-order valence-electron chi connectivity index (χ2n) is 5.74. The van der Waals surface area contributed by atoms with E-state index in [9.17, 15) is 18.0 Å². The number of nitriles is 1. The third-order valence-electron chi connectivity index (χ3n) is 4.31. The van der Waals surface area contributed by atoms with E-state index in [2.05, 4.69) is 10.6 Å². The minimum absolute atomic E-state index is 0.0132. The Morgan fingerprint density at radius 3 is 2.54 bits per heavy atom. The summed E-state index contributed by atoms with van der Waals surface area (Å²) in [6.07, 6.45) is -3.68. The number of anilines is 1. The fourth-order valence-electron chi connectivity index (χ4n) is 3.05. The van der Waals surface area contributed by atoms with Gasteiger partial charge < -0.3 is 10.6 Å². The Bertz CT molecular complexity index is 750. The smallest absolute Gasteiger partial charge is 0.347 e. The molecule has 1 spiro atoms. The lowest BCUT2D eigenvalue weighted by Crippen LogP contribution is -2.53. The van der Waals surface area contributed by atoms with Crippen molar-refractivity contribution >= 4 is 28.9 Å². The molecule has 1 aromatic carbocycles. The van der Waals surface area contributed by atoms with Gasteiger partial charge in [0, 0.05) is 0 Å². The number of piperidine rings is 1. The van der Waals surface area contributed by atoms with E-state index in [0.717, 1.165) is 17.0 Å². The van der Waals surface area contributed by atoms with E-state index in [1.807, 2.05) is 0 Å². The molecule has 2 fully saturated rings. The summed E-state index contributed by atoms with van der Waals surface area (Å²) in [5.41, 5.74) is -2.42. The van der Waals surface area contributed by atoms with Crippen molar-refractivity contribution in [3.05, 3.63) is 29.3 Å². The molecule has 2 aliphatic heterocycles. The number of amides is 1. The molecule has 126 valence electrons. The van der Waals surface area contributed by atoms with Crippen molar-refractivity contribution in [1.82, 2.24) is 10.6 Å². The topological polar surface area (TPSA) is 68.2 Å². The zero-order valence-electron chi connectivity index (χ0n) is 12.4. The molecule has 0 saturated carbocycles. The number of nitrogens with zero attached hydrogens (tertiary/aromatic N) is 2. The number of thiocarbonyl (C=S) groups is 1. The van der Waals surface area contributed by atoms with Gasteiger partial charge in [0.2, 0.25) is 0 Å². The van der Waals surface area contributed by atoms with Crippen LogP contribution in [0.2, 0.25) is 0 Å². The summed E-state index contributed by atoms with van der Waals surface area (Å²) >= 11 is 5.18. The number of benzene rings is 1. The third kappa shape index (κ3) is 2.61. The summed E-state index contributed by atoms with van der Waals surface area (Å²) in [5, 5.41) is 15.1. The summed E-state index contributed by atoms with van der Waals surface area (Å²) < 4.78 is 39.4. The van der Waals surface area contributed by atoms with E-state index >= 15 is 0 Å². The first-order valence-corrected chi connectivity index (χ1v) is 7.68. The molecule has 0 radical (unpaired) electrons. The summed E-state index contributed by atoms with van der Waals surface area (Å²) in [4.78, 5) is 13.9. The minimum Gasteiger partial charge on any atom is -0.347 e. The molecule has 0 aliphatic carbocycles. The van der Waals surface area contributed by atoms with Crippen LogP contribution in [-0.2, 0) is 11.0 Å². The fraction of sp³-hybridized carbons (Fsp3) is 0.400. The molecular weight excluding hydrogens is 341 g/mol. The van der Waals surface area contributed by atoms with Crippen LogP contribution in [0.5, 0.6) is 0 Å². The molecule has 3 rings (SSSR count). The van der Waals surface area contributed by atoms with Gasteiger partial charge in [-0.05, 0) is 56.3 Å². The van der Waals surface area contributed by atoms with Crippen LogP contribution >= 0.6 is 12.2 Å². The highest BCUT2D eigenvalue weighted by Gasteiger charge is 2.50. The Morgan fingerprint density at radius 2 is 1.96 bits per heavy atom. The van der Waals surface area contributed by atoms with Gasteiger partial charge in [0.15, 0.2) is 5.11 Å². The van der Waals surface area contributed by atoms with E-state index in [1.54, 1.807) is 0 Å². The quantitative estimate of drug-likeness (QED) is 0.755. The van der Waals surface area contributed by atoms with Gasteiger partial charge in [0.25, 0.3) is 5.91 Å². The molecule has 2 saturated heterocycles. The van der Waals surface area contributed by atoms with Crippen molar-refractivity contribution in [2.24, 2.45) is 0 Å². The van der Waals surface area contributed by atoms with Crippen LogP contribution in [0.1, 0.15) is 24.0 Å². The first-order valence-electron chi connectivity index (χ1n) is 7.27. The first-order chi connectivity index (χ1) is 11.3. The predicted molar refractivity (Wildman–Crippen MR) is 84.2 cm³/mol. The second kappa shape index (κ2) is 5.72. The van der Waals surface area contributed by atoms with E-state index in [0.29, 0.717) is 25.9 Å². The lowest BCUT2D eigenvalue weighted by atomic mass is 9.88. The van der Waals surface area contributed by atoms with Gasteiger partial charge in [-0.15, -0.1) is 0 Å². The highest BCUT2D eigenvalue weighted by molar-refractivity contribution is 7.80. The fourth-order valence-corrected chi connectivity index (χ4v) is 3.43. The summed E-state index contributed by atoms with van der Waals surface area (Å²) in [6.45, 7) is 1.24. The minimum atomic E-state index is -4.69. The van der Waals surface area contributed by atoms with Gasteiger partial charge in [0.05, 0.1) is 22.9 Å². The van der Waals surface area contributed by atoms with E-state index in [1.165, 1.54) is 12.1 Å². The maximum absolute atomic E-state index is 13.1. The van der Waals surface area contributed by atoms with Crippen molar-refractivity contribution in [3.63, 3.8) is 0 Å². The van der Waals surface area contributed by atoms with Gasteiger partial charge in [-0.1, -0.05) is 0 Å². The van der Waals surface area contributed by atoms with Crippen molar-refractivity contribution in [2.45, 2.75) is 24.6 Å². The second-order valence-corrected chi connectivity index (χ2v) is 6.13. The predicted octanol–water partition coefficient (Wildman–Crippen LogP) is 1.92. The molecule has 0 bridgehead atoms. The lowest BCUT2D eigenvalue weighted by Gasteiger charge is -2.31. The van der Waals surface area contributed by atoms with Crippen LogP contribution < -0.4 is 15.5 Å². The van der Waals surface area contributed by atoms with Crippen LogP contribution in [0.4, 0.5) is 18.9 Å². The largest absolute Gasteiger partial charge is 0.417 e. The SMILES string of the molecule is N#Cc1ccc(N2C(=O)C3(CCNCC3)NC2=S)cc1C(F)(F)F. The Balaban J connectivity index is 2.02. The zero-order chi connectivity index (χ0) is 17.5. The Hall–Kier alpha value is -2.18. The summed E-state index contributed by atoms with van der Waals surface area (Å²) in [5.74, 6) is -0.355. The van der Waals surface area contributed by atoms with Gasteiger partial charge in [0.1, 0.15) is 5.54 Å². The number of nitrogens with one attached hydrogen (secondary N) is 2. The van der Waals surface area contributed by atoms with Gasteiger partial charge in [-0.25, -0.2) is 0 Å². The average Bonchev–Trinajstić information content (AvgIpc) is 2.77. The maximum Gasteiger partial charge on any atom is 0.417 e. The molecule has 1 aromatic rings. The molecular formula is C15H13F3N4OS. The van der Waals surface area contributed by atoms with Crippen LogP contribution in [-0.4, -0.2) is 29.6 Å². The molecule has 1 amide bonds. The molecule has 2 aliphatic rings. The normalized spacial score (nSPS) is 20.2. The molecule has 9 heteroatoms. The Kier molecular flexibility index (Phi) is 3.97. The van der Waals surface area contributed by atoms with Crippen LogP contribution in [0, 0.1) is 11.3 Å². The lowest BCUT2D eigenvalue weighted by molar-refractivity contribution is -0.137. The highest BCUT2D eigenvalue weighted by atomic mass is 32.1. The number of hydrogen-bond donors (Lipinski definition) is 2. The zero-order valence-corrected chi connectivity index (χ0v) is 13.2. The highest BCUT2D eigenvalue weighted by Crippen LogP contribution is 2.37. The Morgan fingerprint density at radius 1 is 1.29 bits per heavy atom. The van der Waals surface area contributed by atoms with Gasteiger partial charge in [-0.3, -0.25) is 9.69 Å². The number of hydrogen-bond acceptors (Lipinski definition) is 4. The van der Waals surface area contributed by atoms with E-state index in [4.69, 9.17) is 17.5 Å². The van der Waals surface area contributed by atoms with Gasteiger partial charge in [-0.2, -0.15) is 18.4 Å². The number of halogens is 3. The van der Waals surface area contributed by atoms with Crippen molar-refractivity contribution in [1.29, 1.82) is 5.26 Å². The van der Waals surface area contributed by atoms with Crippen LogP contribution in [0.15, 0.2) is 18.2 Å². The molecule has 5 nitrogen and oxygen atoms in total. The maximum atomic E-state index is 13.1. The first kappa shape index (κ1) is 16.7. The van der Waals surface area contributed by atoms with Crippen molar-refractivity contribution in [3.8, 4) is 6.07 Å². The standard InChI is InChI=1S/C15H13F3N4OS/c16-15(17,18)11-7-10(2-1-9(11)8-19)22-12(23)14(21-13(22)24)3-5-20-6-4-14/h1-2,7,20H,3-6H2,(H,21,24). The van der Waals surface area contributed by atoms with Crippen LogP contribution in [0.3, 0.4) is 0 Å². The third-order valence-corrected chi connectivity index (χ3v) is 4.59. The molecule has 24 heavy (non-hydrogen) atoms. The summed E-state index contributed by atoms with van der Waals surface area (Å²) in [7, 11) is 0. The monoisotopic (exact) mass is 354 g/mol. The number of carbonyl (C=O) groups excluding carboxylic acids is 1. The number of alkyl halides is 3. The van der Waals surface area contributed by atoms with Crippen LogP contribution in [0.25, 0.3) is 0 Å². The van der Waals surface area contributed by atoms with E-state index in [-0.39, 0.29) is 16.7 Å². The average molecular weight is 354 g/mol. The number of rotatable bonds is 1.